The van der Waals surface area contributed by atoms with Gasteiger partial charge in [-0.2, -0.15) is 0 Å². The fourth-order valence-corrected chi connectivity index (χ4v) is 2.76. The number of pyridine rings is 1. The number of nitrogens with two attached hydrogens (primary N) is 1. The van der Waals surface area contributed by atoms with Gasteiger partial charge in [0.1, 0.15) is 5.82 Å². The molecule has 0 amide bonds. The first-order valence-corrected chi connectivity index (χ1v) is 7.23. The molecule has 1 aliphatic rings. The van der Waals surface area contributed by atoms with Crippen molar-refractivity contribution < 1.29 is 0 Å². The van der Waals surface area contributed by atoms with E-state index in [-0.39, 0.29) is 0 Å². The molecule has 2 N–H and O–H groups in total. The lowest BCUT2D eigenvalue weighted by Gasteiger charge is -2.37. The van der Waals surface area contributed by atoms with Gasteiger partial charge in [0.15, 0.2) is 0 Å². The third kappa shape index (κ3) is 3.45. The number of aromatic nitrogens is 1. The van der Waals surface area contributed by atoms with E-state index in [4.69, 9.17) is 5.73 Å². The first-order valence-electron chi connectivity index (χ1n) is 7.23. The Morgan fingerprint density at radius 1 is 1.26 bits per heavy atom. The molecule has 0 aromatic carbocycles. The number of anilines is 1. The van der Waals surface area contributed by atoms with Crippen LogP contribution >= 0.6 is 0 Å². The maximum Gasteiger partial charge on any atom is 0.133 e. The predicted molar refractivity (Wildman–Crippen MR) is 80.4 cm³/mol. The zero-order valence-corrected chi connectivity index (χ0v) is 12.4. The van der Waals surface area contributed by atoms with Crippen LogP contribution in [-0.4, -0.2) is 42.6 Å². The van der Waals surface area contributed by atoms with Gasteiger partial charge in [-0.3, -0.25) is 4.90 Å². The second kappa shape index (κ2) is 6.35. The maximum atomic E-state index is 5.87. The van der Waals surface area contributed by atoms with Crippen LogP contribution in [0.15, 0.2) is 12.3 Å². The van der Waals surface area contributed by atoms with Crippen molar-refractivity contribution in [2.24, 2.45) is 11.7 Å². The third-order valence-corrected chi connectivity index (χ3v) is 3.77. The molecular weight excluding hydrogens is 236 g/mol. The van der Waals surface area contributed by atoms with E-state index in [0.717, 1.165) is 37.9 Å². The van der Waals surface area contributed by atoms with Crippen molar-refractivity contribution in [3.8, 4) is 0 Å². The maximum absolute atomic E-state index is 5.87. The first kappa shape index (κ1) is 14.3. The Morgan fingerprint density at radius 3 is 2.53 bits per heavy atom. The Labute approximate surface area is 116 Å². The molecule has 1 fully saturated rings. The van der Waals surface area contributed by atoms with Crippen molar-refractivity contribution in [1.82, 2.24) is 9.88 Å². The van der Waals surface area contributed by atoms with Gasteiger partial charge in [0.05, 0.1) is 0 Å². The van der Waals surface area contributed by atoms with E-state index in [9.17, 15) is 0 Å². The zero-order chi connectivity index (χ0) is 13.8. The molecule has 0 atom stereocenters. The predicted octanol–water partition coefficient (Wildman–Crippen LogP) is 1.63. The SMILES string of the molecule is Cc1ccnc(N2CCN(CC(C)C)CC2)c1CN. The van der Waals surface area contributed by atoms with E-state index in [1.807, 2.05) is 12.3 Å². The summed E-state index contributed by atoms with van der Waals surface area (Å²) in [7, 11) is 0. The highest BCUT2D eigenvalue weighted by atomic mass is 15.3. The molecule has 0 saturated carbocycles. The number of aryl methyl sites for hydroxylation is 1. The van der Waals surface area contributed by atoms with Crippen molar-refractivity contribution >= 4 is 5.82 Å². The summed E-state index contributed by atoms with van der Waals surface area (Å²) >= 11 is 0. The molecule has 1 aromatic heterocycles. The van der Waals surface area contributed by atoms with Crippen molar-refractivity contribution in [2.75, 3.05) is 37.6 Å². The Hall–Kier alpha value is -1.13. The molecule has 1 saturated heterocycles. The number of hydrogen-bond acceptors (Lipinski definition) is 4. The Kier molecular flexibility index (Phi) is 4.77. The summed E-state index contributed by atoms with van der Waals surface area (Å²) in [5, 5.41) is 0. The van der Waals surface area contributed by atoms with Crippen LogP contribution in [0.4, 0.5) is 5.82 Å². The summed E-state index contributed by atoms with van der Waals surface area (Å²) in [6.45, 7) is 12.8. The van der Waals surface area contributed by atoms with E-state index >= 15 is 0 Å². The lowest BCUT2D eigenvalue weighted by molar-refractivity contribution is 0.231. The fraction of sp³-hybridized carbons (Fsp3) is 0.667. The normalized spacial score (nSPS) is 17.2. The number of rotatable bonds is 4. The van der Waals surface area contributed by atoms with Gasteiger partial charge in [-0.15, -0.1) is 0 Å². The van der Waals surface area contributed by atoms with Gasteiger partial charge >= 0.3 is 0 Å². The van der Waals surface area contributed by atoms with E-state index in [1.54, 1.807) is 0 Å². The fourth-order valence-electron chi connectivity index (χ4n) is 2.76. The third-order valence-electron chi connectivity index (χ3n) is 3.77. The first-order chi connectivity index (χ1) is 9.11. The molecule has 0 bridgehead atoms. The van der Waals surface area contributed by atoms with Crippen LogP contribution in [0.25, 0.3) is 0 Å². The molecule has 19 heavy (non-hydrogen) atoms. The molecule has 1 aromatic rings. The van der Waals surface area contributed by atoms with E-state index < -0.39 is 0 Å². The Morgan fingerprint density at radius 2 is 1.95 bits per heavy atom. The lowest BCUT2D eigenvalue weighted by Crippen LogP contribution is -2.48. The van der Waals surface area contributed by atoms with Crippen LogP contribution in [0.3, 0.4) is 0 Å². The van der Waals surface area contributed by atoms with Gasteiger partial charge < -0.3 is 10.6 Å². The largest absolute Gasteiger partial charge is 0.354 e. The summed E-state index contributed by atoms with van der Waals surface area (Å²) < 4.78 is 0. The summed E-state index contributed by atoms with van der Waals surface area (Å²) in [6, 6.07) is 2.04. The molecule has 1 aliphatic heterocycles. The monoisotopic (exact) mass is 262 g/mol. The summed E-state index contributed by atoms with van der Waals surface area (Å²) in [5.74, 6) is 1.83. The second-order valence-electron chi connectivity index (χ2n) is 5.82. The summed E-state index contributed by atoms with van der Waals surface area (Å²) in [5.41, 5.74) is 8.32. The number of nitrogens with zero attached hydrogens (tertiary/aromatic N) is 3. The standard InChI is InChI=1S/C15H26N4/c1-12(2)11-18-6-8-19(9-7-18)15-14(10-16)13(3)4-5-17-15/h4-5,12H,6-11,16H2,1-3H3. The van der Waals surface area contributed by atoms with Gasteiger partial charge in [0.2, 0.25) is 0 Å². The van der Waals surface area contributed by atoms with Crippen molar-refractivity contribution in [2.45, 2.75) is 27.3 Å². The minimum atomic E-state index is 0.571. The van der Waals surface area contributed by atoms with Crippen LogP contribution in [0, 0.1) is 12.8 Å². The van der Waals surface area contributed by atoms with E-state index in [0.29, 0.717) is 6.54 Å². The van der Waals surface area contributed by atoms with E-state index in [2.05, 4.69) is 35.6 Å². The number of hydrogen-bond donors (Lipinski definition) is 1. The van der Waals surface area contributed by atoms with Crippen LogP contribution in [0.2, 0.25) is 0 Å². The molecule has 106 valence electrons. The van der Waals surface area contributed by atoms with Crippen LogP contribution in [0.1, 0.15) is 25.0 Å². The highest BCUT2D eigenvalue weighted by molar-refractivity contribution is 5.50. The Bertz CT molecular complexity index is 409. The van der Waals surface area contributed by atoms with E-state index in [1.165, 1.54) is 17.7 Å². The quantitative estimate of drug-likeness (QED) is 0.896. The lowest BCUT2D eigenvalue weighted by atomic mass is 10.1. The average Bonchev–Trinajstić information content (AvgIpc) is 2.38. The molecule has 0 unspecified atom stereocenters. The van der Waals surface area contributed by atoms with Gasteiger partial charge in [0, 0.05) is 51.0 Å². The van der Waals surface area contributed by atoms with Gasteiger partial charge in [-0.05, 0) is 24.5 Å². The zero-order valence-electron chi connectivity index (χ0n) is 12.4. The summed E-state index contributed by atoms with van der Waals surface area (Å²) in [6.07, 6.45) is 1.89. The molecule has 4 heteroatoms. The van der Waals surface area contributed by atoms with Crippen molar-refractivity contribution in [3.63, 3.8) is 0 Å². The van der Waals surface area contributed by atoms with Crippen LogP contribution in [-0.2, 0) is 6.54 Å². The number of piperazine rings is 1. The van der Waals surface area contributed by atoms with Crippen LogP contribution in [0.5, 0.6) is 0 Å². The Balaban J connectivity index is 2.03. The minimum absolute atomic E-state index is 0.571. The molecule has 4 nitrogen and oxygen atoms in total. The van der Waals surface area contributed by atoms with Crippen molar-refractivity contribution in [1.29, 1.82) is 0 Å². The highest BCUT2D eigenvalue weighted by Gasteiger charge is 2.20. The minimum Gasteiger partial charge on any atom is -0.354 e. The van der Waals surface area contributed by atoms with Gasteiger partial charge in [0.25, 0.3) is 0 Å². The van der Waals surface area contributed by atoms with Gasteiger partial charge in [-0.1, -0.05) is 13.8 Å². The summed E-state index contributed by atoms with van der Waals surface area (Å²) in [4.78, 5) is 9.47. The van der Waals surface area contributed by atoms with Gasteiger partial charge in [-0.25, -0.2) is 4.98 Å². The average molecular weight is 262 g/mol. The smallest absolute Gasteiger partial charge is 0.133 e. The van der Waals surface area contributed by atoms with Crippen molar-refractivity contribution in [3.05, 3.63) is 23.4 Å². The molecule has 2 rings (SSSR count). The highest BCUT2D eigenvalue weighted by Crippen LogP contribution is 2.21. The molecule has 0 aliphatic carbocycles. The molecular formula is C15H26N4. The topological polar surface area (TPSA) is 45.4 Å². The second-order valence-corrected chi connectivity index (χ2v) is 5.82. The molecule has 0 radical (unpaired) electrons. The molecule has 2 heterocycles. The van der Waals surface area contributed by atoms with Crippen LogP contribution < -0.4 is 10.6 Å². The molecule has 0 spiro atoms.